The van der Waals surface area contributed by atoms with Gasteiger partial charge in [0.25, 0.3) is 0 Å². The number of rotatable bonds is 4. The Morgan fingerprint density at radius 1 is 1.80 bits per heavy atom. The second-order valence-electron chi connectivity index (χ2n) is 2.98. The zero-order valence-electron chi connectivity index (χ0n) is 8.27. The summed E-state index contributed by atoms with van der Waals surface area (Å²) in [6.07, 6.45) is 3.38. The van der Waals surface area contributed by atoms with E-state index < -0.39 is 12.0 Å². The van der Waals surface area contributed by atoms with Gasteiger partial charge in [0.15, 0.2) is 0 Å². The van der Waals surface area contributed by atoms with Crippen LogP contribution in [0.4, 0.5) is 5.69 Å². The van der Waals surface area contributed by atoms with Crippen molar-refractivity contribution in [1.82, 2.24) is 4.98 Å². The number of carboxylic acid groups (broad SMARTS) is 1. The van der Waals surface area contributed by atoms with E-state index in [9.17, 15) is 4.79 Å². The molecule has 0 aliphatic carbocycles. The highest BCUT2D eigenvalue weighted by atomic mass is 16.4. The molecule has 0 fully saturated rings. The smallest absolute Gasteiger partial charge is 0.326 e. The van der Waals surface area contributed by atoms with Crippen molar-refractivity contribution in [3.8, 4) is 6.07 Å². The average Bonchev–Trinajstić information content (AvgIpc) is 2.25. The fraction of sp³-hybridized carbons (Fsp3) is 0.300. The summed E-state index contributed by atoms with van der Waals surface area (Å²) < 4.78 is 0. The van der Waals surface area contributed by atoms with Crippen LogP contribution >= 0.6 is 0 Å². The predicted octanol–water partition coefficient (Wildman–Crippen LogP) is 1.23. The van der Waals surface area contributed by atoms with Gasteiger partial charge in [-0.15, -0.1) is 0 Å². The van der Waals surface area contributed by atoms with Crippen molar-refractivity contribution in [2.24, 2.45) is 0 Å². The number of nitrogens with one attached hydrogen (secondary N) is 1. The number of pyridine rings is 1. The van der Waals surface area contributed by atoms with Crippen LogP contribution in [0.3, 0.4) is 0 Å². The third-order valence-electron chi connectivity index (χ3n) is 1.98. The van der Waals surface area contributed by atoms with E-state index in [4.69, 9.17) is 10.4 Å². The lowest BCUT2D eigenvalue weighted by Gasteiger charge is -2.13. The summed E-state index contributed by atoms with van der Waals surface area (Å²) >= 11 is 0. The van der Waals surface area contributed by atoms with Crippen LogP contribution in [0, 0.1) is 11.3 Å². The van der Waals surface area contributed by atoms with E-state index in [1.54, 1.807) is 6.92 Å². The van der Waals surface area contributed by atoms with Gasteiger partial charge in [-0.1, -0.05) is 6.92 Å². The van der Waals surface area contributed by atoms with Crippen LogP contribution in [0.5, 0.6) is 0 Å². The maximum absolute atomic E-state index is 10.8. The normalized spacial score (nSPS) is 11.5. The third kappa shape index (κ3) is 2.68. The van der Waals surface area contributed by atoms with Crippen molar-refractivity contribution < 1.29 is 9.90 Å². The molecule has 0 bridgehead atoms. The standard InChI is InChI=1S/C10H11N3O2/c1-2-8(10(14)15)13-9-6-12-4-3-7(9)5-11/h3-4,6,8,13H,2H2,1H3,(H,14,15). The molecule has 1 aromatic rings. The number of anilines is 1. The lowest BCUT2D eigenvalue weighted by atomic mass is 10.2. The lowest BCUT2D eigenvalue weighted by molar-refractivity contribution is -0.137. The Morgan fingerprint density at radius 2 is 2.53 bits per heavy atom. The Labute approximate surface area is 87.4 Å². The Balaban J connectivity index is 2.89. The van der Waals surface area contributed by atoms with Crippen molar-refractivity contribution >= 4 is 11.7 Å². The number of carboxylic acids is 1. The Hall–Kier alpha value is -2.09. The number of nitriles is 1. The summed E-state index contributed by atoms with van der Waals surface area (Å²) in [5.74, 6) is -0.940. The minimum atomic E-state index is -0.940. The van der Waals surface area contributed by atoms with Gasteiger partial charge in [0.2, 0.25) is 0 Å². The molecule has 0 radical (unpaired) electrons. The average molecular weight is 205 g/mol. The number of aromatic nitrogens is 1. The topological polar surface area (TPSA) is 86.0 Å². The van der Waals surface area contributed by atoms with Crippen LogP contribution in [0.25, 0.3) is 0 Å². The zero-order valence-corrected chi connectivity index (χ0v) is 8.27. The highest BCUT2D eigenvalue weighted by Gasteiger charge is 2.15. The molecule has 0 aliphatic heterocycles. The Bertz CT molecular complexity index is 398. The highest BCUT2D eigenvalue weighted by molar-refractivity contribution is 5.77. The molecule has 1 atom stereocenters. The zero-order chi connectivity index (χ0) is 11.3. The maximum Gasteiger partial charge on any atom is 0.326 e. The monoisotopic (exact) mass is 205 g/mol. The SMILES string of the molecule is CCC(Nc1cnccc1C#N)C(=O)O. The molecule has 1 heterocycles. The number of carbonyl (C=O) groups is 1. The summed E-state index contributed by atoms with van der Waals surface area (Å²) in [5.41, 5.74) is 0.846. The van der Waals surface area contributed by atoms with Gasteiger partial charge in [-0.25, -0.2) is 4.79 Å². The number of hydrogen-bond donors (Lipinski definition) is 2. The summed E-state index contributed by atoms with van der Waals surface area (Å²) in [6, 6.07) is 2.81. The van der Waals surface area contributed by atoms with Crippen molar-refractivity contribution in [3.63, 3.8) is 0 Å². The molecule has 0 aliphatic rings. The molecule has 78 valence electrons. The molecular weight excluding hydrogens is 194 g/mol. The fourth-order valence-electron chi connectivity index (χ4n) is 1.13. The molecule has 2 N–H and O–H groups in total. The van der Waals surface area contributed by atoms with Crippen LogP contribution in [-0.4, -0.2) is 22.1 Å². The lowest BCUT2D eigenvalue weighted by Crippen LogP contribution is -2.28. The van der Waals surface area contributed by atoms with E-state index in [1.165, 1.54) is 18.5 Å². The van der Waals surface area contributed by atoms with E-state index >= 15 is 0 Å². The molecule has 1 aromatic heterocycles. The largest absolute Gasteiger partial charge is 0.480 e. The van der Waals surface area contributed by atoms with E-state index in [-0.39, 0.29) is 0 Å². The van der Waals surface area contributed by atoms with Gasteiger partial charge in [0, 0.05) is 6.20 Å². The van der Waals surface area contributed by atoms with Gasteiger partial charge in [-0.05, 0) is 12.5 Å². The highest BCUT2D eigenvalue weighted by Crippen LogP contribution is 2.14. The quantitative estimate of drug-likeness (QED) is 0.772. The van der Waals surface area contributed by atoms with Crippen LogP contribution in [0.1, 0.15) is 18.9 Å². The van der Waals surface area contributed by atoms with Crippen molar-refractivity contribution in [2.45, 2.75) is 19.4 Å². The van der Waals surface area contributed by atoms with Gasteiger partial charge in [-0.3, -0.25) is 4.98 Å². The molecule has 5 heteroatoms. The molecule has 0 spiro atoms. The van der Waals surface area contributed by atoms with Crippen molar-refractivity contribution in [2.75, 3.05) is 5.32 Å². The summed E-state index contributed by atoms with van der Waals surface area (Å²) in [6.45, 7) is 1.76. The van der Waals surface area contributed by atoms with Crippen molar-refractivity contribution in [1.29, 1.82) is 5.26 Å². The van der Waals surface area contributed by atoms with Gasteiger partial charge < -0.3 is 10.4 Å². The van der Waals surface area contributed by atoms with Crippen LogP contribution in [0.15, 0.2) is 18.5 Å². The van der Waals surface area contributed by atoms with E-state index in [1.807, 2.05) is 6.07 Å². The number of hydrogen-bond acceptors (Lipinski definition) is 4. The molecule has 1 rings (SSSR count). The van der Waals surface area contributed by atoms with E-state index in [0.29, 0.717) is 17.7 Å². The van der Waals surface area contributed by atoms with Crippen molar-refractivity contribution in [3.05, 3.63) is 24.0 Å². The van der Waals surface area contributed by atoms with Crippen LogP contribution in [0.2, 0.25) is 0 Å². The van der Waals surface area contributed by atoms with Gasteiger partial charge in [0.05, 0.1) is 17.4 Å². The van der Waals surface area contributed by atoms with E-state index in [2.05, 4.69) is 10.3 Å². The minimum absolute atomic E-state index is 0.393. The summed E-state index contributed by atoms with van der Waals surface area (Å²) in [4.78, 5) is 14.6. The first-order chi connectivity index (χ1) is 7.19. The fourth-order valence-corrected chi connectivity index (χ4v) is 1.13. The second kappa shape index (κ2) is 4.96. The molecule has 0 saturated carbocycles. The first-order valence-corrected chi connectivity index (χ1v) is 4.52. The first kappa shape index (κ1) is 11.0. The Kier molecular flexibility index (Phi) is 3.63. The predicted molar refractivity (Wildman–Crippen MR) is 54.3 cm³/mol. The molecule has 15 heavy (non-hydrogen) atoms. The maximum atomic E-state index is 10.8. The number of aliphatic carboxylic acids is 1. The minimum Gasteiger partial charge on any atom is -0.480 e. The van der Waals surface area contributed by atoms with E-state index in [0.717, 1.165) is 0 Å². The Morgan fingerprint density at radius 3 is 3.07 bits per heavy atom. The molecule has 1 unspecified atom stereocenters. The van der Waals surface area contributed by atoms with Gasteiger partial charge >= 0.3 is 5.97 Å². The molecule has 0 aromatic carbocycles. The molecule has 0 amide bonds. The molecule has 5 nitrogen and oxygen atoms in total. The third-order valence-corrected chi connectivity index (χ3v) is 1.98. The van der Waals surface area contributed by atoms with Crippen LogP contribution < -0.4 is 5.32 Å². The van der Waals surface area contributed by atoms with Gasteiger partial charge in [-0.2, -0.15) is 5.26 Å². The van der Waals surface area contributed by atoms with Crippen LogP contribution in [-0.2, 0) is 4.79 Å². The number of nitrogens with zero attached hydrogens (tertiary/aromatic N) is 2. The van der Waals surface area contributed by atoms with Gasteiger partial charge in [0.1, 0.15) is 12.1 Å². The summed E-state index contributed by atoms with van der Waals surface area (Å²) in [7, 11) is 0. The molecular formula is C10H11N3O2. The summed E-state index contributed by atoms with van der Waals surface area (Å²) in [5, 5.41) is 20.4. The second-order valence-corrected chi connectivity index (χ2v) is 2.98. The molecule has 0 saturated heterocycles. The first-order valence-electron chi connectivity index (χ1n) is 4.52.